The van der Waals surface area contributed by atoms with Gasteiger partial charge in [-0.1, -0.05) is 0 Å². The van der Waals surface area contributed by atoms with Gasteiger partial charge in [0.15, 0.2) is 0 Å². The third kappa shape index (κ3) is 3.56. The smallest absolute Gasteiger partial charge is 0.255 e. The minimum Gasteiger partial charge on any atom is -0.497 e. The molecule has 1 aromatic carbocycles. The molecule has 0 aliphatic heterocycles. The van der Waals surface area contributed by atoms with Gasteiger partial charge in [-0.2, -0.15) is 11.8 Å². The van der Waals surface area contributed by atoms with E-state index < -0.39 is 0 Å². The van der Waals surface area contributed by atoms with Crippen LogP contribution >= 0.6 is 11.8 Å². The van der Waals surface area contributed by atoms with Crippen molar-refractivity contribution in [3.8, 4) is 5.75 Å². The maximum atomic E-state index is 12.1. The highest BCUT2D eigenvalue weighted by Gasteiger charge is 2.14. The molecule has 94 valence electrons. The molecule has 5 heteroatoms. The Balaban J connectivity index is 2.81. The van der Waals surface area contributed by atoms with E-state index in [1.54, 1.807) is 49.0 Å². The van der Waals surface area contributed by atoms with Crippen LogP contribution in [0.25, 0.3) is 0 Å². The second-order valence-corrected chi connectivity index (χ2v) is 4.66. The molecular weight excluding hydrogens is 236 g/mol. The first-order chi connectivity index (χ1) is 8.10. The van der Waals surface area contributed by atoms with Gasteiger partial charge in [0.05, 0.1) is 12.7 Å². The lowest BCUT2D eigenvalue weighted by Crippen LogP contribution is -2.29. The summed E-state index contributed by atoms with van der Waals surface area (Å²) in [5.41, 5.74) is 6.80. The molecule has 1 amide bonds. The number of nitrogens with two attached hydrogens (primary N) is 1. The maximum absolute atomic E-state index is 12.1. The molecule has 0 aliphatic carbocycles. The lowest BCUT2D eigenvalue weighted by molar-refractivity contribution is 0.0805. The highest BCUT2D eigenvalue weighted by atomic mass is 32.2. The number of rotatable bonds is 5. The molecule has 0 aliphatic rings. The fourth-order valence-corrected chi connectivity index (χ4v) is 1.85. The first-order valence-electron chi connectivity index (χ1n) is 5.28. The molecule has 0 radical (unpaired) electrons. The summed E-state index contributed by atoms with van der Waals surface area (Å²) in [6.45, 7) is 0.714. The van der Waals surface area contributed by atoms with Crippen LogP contribution in [0.1, 0.15) is 10.4 Å². The maximum Gasteiger partial charge on any atom is 0.255 e. The van der Waals surface area contributed by atoms with Crippen LogP contribution in [-0.4, -0.2) is 43.5 Å². The molecule has 0 atom stereocenters. The molecule has 0 aromatic heterocycles. The fraction of sp³-hybridized carbons (Fsp3) is 0.417. The van der Waals surface area contributed by atoms with Gasteiger partial charge in [-0.3, -0.25) is 4.79 Å². The molecule has 0 saturated heterocycles. The second kappa shape index (κ2) is 6.39. The zero-order valence-electron chi connectivity index (χ0n) is 10.4. The normalized spacial score (nSPS) is 10.1. The van der Waals surface area contributed by atoms with Crippen molar-refractivity contribution in [1.82, 2.24) is 4.90 Å². The predicted molar refractivity (Wildman–Crippen MR) is 72.7 cm³/mol. The van der Waals surface area contributed by atoms with E-state index in [1.165, 1.54) is 0 Å². The van der Waals surface area contributed by atoms with Crippen molar-refractivity contribution in [3.05, 3.63) is 23.8 Å². The number of nitrogens with zero attached hydrogens (tertiary/aromatic N) is 1. The summed E-state index contributed by atoms with van der Waals surface area (Å²) >= 11 is 1.71. The van der Waals surface area contributed by atoms with Crippen molar-refractivity contribution in [2.45, 2.75) is 0 Å². The summed E-state index contributed by atoms with van der Waals surface area (Å²) < 4.78 is 5.05. The molecular formula is C12H18N2O2S. The molecule has 0 fully saturated rings. The fourth-order valence-electron chi connectivity index (χ4n) is 1.40. The molecule has 0 saturated carbocycles. The van der Waals surface area contributed by atoms with Crippen molar-refractivity contribution < 1.29 is 9.53 Å². The number of carbonyl (C=O) groups is 1. The van der Waals surface area contributed by atoms with Gasteiger partial charge >= 0.3 is 0 Å². The van der Waals surface area contributed by atoms with Gasteiger partial charge in [0.2, 0.25) is 0 Å². The van der Waals surface area contributed by atoms with Crippen LogP contribution in [0.4, 0.5) is 5.69 Å². The Morgan fingerprint density at radius 3 is 2.76 bits per heavy atom. The van der Waals surface area contributed by atoms with E-state index in [0.717, 1.165) is 5.75 Å². The van der Waals surface area contributed by atoms with Gasteiger partial charge in [0.1, 0.15) is 5.75 Å². The van der Waals surface area contributed by atoms with Gasteiger partial charge in [-0.15, -0.1) is 0 Å². The minimum atomic E-state index is -0.0563. The number of benzene rings is 1. The second-order valence-electron chi connectivity index (χ2n) is 3.67. The van der Waals surface area contributed by atoms with Crippen LogP contribution in [0.3, 0.4) is 0 Å². The molecule has 0 bridgehead atoms. The number of methoxy groups -OCH3 is 1. The zero-order chi connectivity index (χ0) is 12.8. The highest BCUT2D eigenvalue weighted by molar-refractivity contribution is 7.98. The standard InChI is InChI=1S/C12H18N2O2S/c1-14(6-7-17-3)12(15)10-5-4-9(16-2)8-11(10)13/h4-5,8H,6-7,13H2,1-3H3. The average Bonchev–Trinajstić information content (AvgIpc) is 2.34. The van der Waals surface area contributed by atoms with Crippen LogP contribution in [0.15, 0.2) is 18.2 Å². The average molecular weight is 254 g/mol. The number of thioether (sulfide) groups is 1. The molecule has 0 unspecified atom stereocenters. The Morgan fingerprint density at radius 2 is 2.24 bits per heavy atom. The van der Waals surface area contributed by atoms with Crippen LogP contribution < -0.4 is 10.5 Å². The van der Waals surface area contributed by atoms with E-state index in [1.807, 2.05) is 6.26 Å². The first kappa shape index (κ1) is 13.7. The molecule has 1 aromatic rings. The molecule has 0 spiro atoms. The number of nitrogen functional groups attached to an aromatic ring is 1. The third-order valence-corrected chi connectivity index (χ3v) is 3.06. The Kier molecular flexibility index (Phi) is 5.15. The summed E-state index contributed by atoms with van der Waals surface area (Å²) in [7, 11) is 3.35. The largest absolute Gasteiger partial charge is 0.497 e. The van der Waals surface area contributed by atoms with Crippen LogP contribution in [-0.2, 0) is 0 Å². The number of hydrogen-bond donors (Lipinski definition) is 1. The molecule has 17 heavy (non-hydrogen) atoms. The Bertz CT molecular complexity index is 396. The highest BCUT2D eigenvalue weighted by Crippen LogP contribution is 2.20. The van der Waals surface area contributed by atoms with Gasteiger partial charge in [-0.05, 0) is 18.4 Å². The van der Waals surface area contributed by atoms with Crippen molar-refractivity contribution in [1.29, 1.82) is 0 Å². The summed E-state index contributed by atoms with van der Waals surface area (Å²) in [4.78, 5) is 13.7. The minimum absolute atomic E-state index is 0.0563. The van der Waals surface area contributed by atoms with E-state index >= 15 is 0 Å². The summed E-state index contributed by atoms with van der Waals surface area (Å²) in [5, 5.41) is 0. The number of ether oxygens (including phenoxy) is 1. The number of carbonyl (C=O) groups excluding carboxylic acids is 1. The predicted octanol–water partition coefficient (Wildman–Crippen LogP) is 1.71. The SMILES string of the molecule is COc1ccc(C(=O)N(C)CCSC)c(N)c1. The lowest BCUT2D eigenvalue weighted by atomic mass is 10.1. The number of amides is 1. The van der Waals surface area contributed by atoms with Gasteiger partial charge in [0.25, 0.3) is 5.91 Å². The third-order valence-electron chi connectivity index (χ3n) is 2.47. The molecule has 2 N–H and O–H groups in total. The van der Waals surface area contributed by atoms with Crippen molar-refractivity contribution in [2.24, 2.45) is 0 Å². The van der Waals surface area contributed by atoms with Crippen molar-refractivity contribution in [2.75, 3.05) is 38.4 Å². The van der Waals surface area contributed by atoms with E-state index in [0.29, 0.717) is 23.5 Å². The van der Waals surface area contributed by atoms with E-state index in [9.17, 15) is 4.79 Å². The quantitative estimate of drug-likeness (QED) is 0.813. The summed E-state index contributed by atoms with van der Waals surface area (Å²) in [6, 6.07) is 5.10. The Morgan fingerprint density at radius 1 is 1.53 bits per heavy atom. The van der Waals surface area contributed by atoms with E-state index in [2.05, 4.69) is 0 Å². The van der Waals surface area contributed by atoms with Gasteiger partial charge in [-0.25, -0.2) is 0 Å². The van der Waals surface area contributed by atoms with Crippen LogP contribution in [0.2, 0.25) is 0 Å². The zero-order valence-corrected chi connectivity index (χ0v) is 11.2. The van der Waals surface area contributed by atoms with Crippen LogP contribution in [0, 0.1) is 0 Å². The number of anilines is 1. The Labute approximate surface area is 106 Å². The monoisotopic (exact) mass is 254 g/mol. The van der Waals surface area contributed by atoms with Crippen LogP contribution in [0.5, 0.6) is 5.75 Å². The van der Waals surface area contributed by atoms with Gasteiger partial charge in [0, 0.05) is 31.1 Å². The van der Waals surface area contributed by atoms with Crippen molar-refractivity contribution in [3.63, 3.8) is 0 Å². The lowest BCUT2D eigenvalue weighted by Gasteiger charge is -2.17. The summed E-state index contributed by atoms with van der Waals surface area (Å²) in [6.07, 6.45) is 2.01. The molecule has 0 heterocycles. The van der Waals surface area contributed by atoms with E-state index in [4.69, 9.17) is 10.5 Å². The van der Waals surface area contributed by atoms with Crippen molar-refractivity contribution >= 4 is 23.4 Å². The first-order valence-corrected chi connectivity index (χ1v) is 6.67. The molecule has 4 nitrogen and oxygen atoms in total. The van der Waals surface area contributed by atoms with Gasteiger partial charge < -0.3 is 15.4 Å². The molecule has 1 rings (SSSR count). The number of hydrogen-bond acceptors (Lipinski definition) is 4. The van der Waals surface area contributed by atoms with E-state index in [-0.39, 0.29) is 5.91 Å². The Hall–Kier alpha value is -1.36. The topological polar surface area (TPSA) is 55.6 Å². The summed E-state index contributed by atoms with van der Waals surface area (Å²) in [5.74, 6) is 1.52.